The van der Waals surface area contributed by atoms with Crippen molar-refractivity contribution in [1.29, 1.82) is 0 Å². The van der Waals surface area contributed by atoms with Gasteiger partial charge in [-0.15, -0.1) is 0 Å². The standard InChI is InChI=1S/C14H13ClN2O/c1-9-5-6-11(15)8-13(9)17-14(18)10-3-2-4-12(16)7-10/h2-8H,16H2,1H3,(H,17,18). The molecule has 0 radical (unpaired) electrons. The fourth-order valence-corrected chi connectivity index (χ4v) is 1.78. The zero-order chi connectivity index (χ0) is 13.1. The molecule has 0 aliphatic carbocycles. The minimum absolute atomic E-state index is 0.201. The molecule has 2 aromatic rings. The molecule has 0 saturated carbocycles. The summed E-state index contributed by atoms with van der Waals surface area (Å²) in [5.41, 5.74) is 8.38. The summed E-state index contributed by atoms with van der Waals surface area (Å²) in [5.74, 6) is -0.201. The molecule has 2 rings (SSSR count). The first kappa shape index (κ1) is 12.5. The lowest BCUT2D eigenvalue weighted by Crippen LogP contribution is -2.12. The predicted molar refractivity (Wildman–Crippen MR) is 75.0 cm³/mol. The topological polar surface area (TPSA) is 55.1 Å². The van der Waals surface area contributed by atoms with Gasteiger partial charge in [0, 0.05) is 22.0 Å². The zero-order valence-corrected chi connectivity index (χ0v) is 10.7. The molecule has 1 amide bonds. The number of nitrogen functional groups attached to an aromatic ring is 1. The van der Waals surface area contributed by atoms with Crippen molar-refractivity contribution >= 4 is 28.9 Å². The number of carbonyl (C=O) groups is 1. The number of halogens is 1. The molecule has 0 aliphatic rings. The predicted octanol–water partition coefficient (Wildman–Crippen LogP) is 3.48. The molecule has 0 unspecified atom stereocenters. The number of aryl methyl sites for hydroxylation is 1. The van der Waals surface area contributed by atoms with Crippen LogP contribution in [0.2, 0.25) is 5.02 Å². The van der Waals surface area contributed by atoms with Crippen LogP contribution in [0.25, 0.3) is 0 Å². The van der Waals surface area contributed by atoms with Gasteiger partial charge in [-0.25, -0.2) is 0 Å². The van der Waals surface area contributed by atoms with E-state index in [9.17, 15) is 4.79 Å². The Morgan fingerprint density at radius 2 is 2.00 bits per heavy atom. The molecule has 0 spiro atoms. The van der Waals surface area contributed by atoms with Crippen molar-refractivity contribution in [3.8, 4) is 0 Å². The van der Waals surface area contributed by atoms with Gasteiger partial charge in [-0.1, -0.05) is 23.7 Å². The number of amides is 1. The maximum Gasteiger partial charge on any atom is 0.255 e. The lowest BCUT2D eigenvalue weighted by atomic mass is 10.1. The number of rotatable bonds is 2. The van der Waals surface area contributed by atoms with Gasteiger partial charge in [-0.3, -0.25) is 4.79 Å². The Hall–Kier alpha value is -2.00. The fraction of sp³-hybridized carbons (Fsp3) is 0.0714. The Morgan fingerprint density at radius 1 is 1.22 bits per heavy atom. The highest BCUT2D eigenvalue weighted by atomic mass is 35.5. The second-order valence-corrected chi connectivity index (χ2v) is 4.48. The first-order valence-corrected chi connectivity index (χ1v) is 5.87. The van der Waals surface area contributed by atoms with E-state index in [-0.39, 0.29) is 5.91 Å². The first-order chi connectivity index (χ1) is 8.56. The largest absolute Gasteiger partial charge is 0.399 e. The number of nitrogens with one attached hydrogen (secondary N) is 1. The third-order valence-electron chi connectivity index (χ3n) is 2.60. The molecule has 0 saturated heterocycles. The maximum atomic E-state index is 12.0. The van der Waals surface area contributed by atoms with E-state index < -0.39 is 0 Å². The molecule has 3 N–H and O–H groups in total. The summed E-state index contributed by atoms with van der Waals surface area (Å²) in [6.07, 6.45) is 0. The number of hydrogen-bond acceptors (Lipinski definition) is 2. The van der Waals surface area contributed by atoms with Gasteiger partial charge < -0.3 is 11.1 Å². The smallest absolute Gasteiger partial charge is 0.255 e. The summed E-state index contributed by atoms with van der Waals surface area (Å²) in [6, 6.07) is 12.2. The van der Waals surface area contributed by atoms with E-state index in [0.29, 0.717) is 22.0 Å². The van der Waals surface area contributed by atoms with Crippen molar-refractivity contribution in [1.82, 2.24) is 0 Å². The Labute approximate surface area is 111 Å². The van der Waals surface area contributed by atoms with Crippen LogP contribution >= 0.6 is 11.6 Å². The summed E-state index contributed by atoms with van der Waals surface area (Å²) in [5, 5.41) is 3.40. The van der Waals surface area contributed by atoms with Gasteiger partial charge in [0.05, 0.1) is 0 Å². The van der Waals surface area contributed by atoms with E-state index in [1.165, 1.54) is 0 Å². The lowest BCUT2D eigenvalue weighted by molar-refractivity contribution is 0.102. The second-order valence-electron chi connectivity index (χ2n) is 4.04. The van der Waals surface area contributed by atoms with E-state index in [4.69, 9.17) is 17.3 Å². The SMILES string of the molecule is Cc1ccc(Cl)cc1NC(=O)c1cccc(N)c1. The molecule has 0 aromatic heterocycles. The monoisotopic (exact) mass is 260 g/mol. The molecule has 0 atom stereocenters. The molecule has 0 bridgehead atoms. The average molecular weight is 261 g/mol. The van der Waals surface area contributed by atoms with E-state index in [2.05, 4.69) is 5.32 Å². The van der Waals surface area contributed by atoms with E-state index in [1.54, 1.807) is 36.4 Å². The van der Waals surface area contributed by atoms with E-state index in [0.717, 1.165) is 5.56 Å². The average Bonchev–Trinajstić information content (AvgIpc) is 2.34. The van der Waals surface area contributed by atoms with Crippen molar-refractivity contribution in [2.24, 2.45) is 0 Å². The van der Waals surface area contributed by atoms with Gasteiger partial charge in [0.1, 0.15) is 0 Å². The second kappa shape index (κ2) is 5.10. The van der Waals surface area contributed by atoms with Gasteiger partial charge in [0.25, 0.3) is 5.91 Å². The molecule has 0 aliphatic heterocycles. The van der Waals surface area contributed by atoms with Crippen molar-refractivity contribution in [3.63, 3.8) is 0 Å². The number of hydrogen-bond donors (Lipinski definition) is 2. The van der Waals surface area contributed by atoms with Crippen LogP contribution < -0.4 is 11.1 Å². The molecule has 0 fully saturated rings. The number of carbonyl (C=O) groups excluding carboxylic acids is 1. The lowest BCUT2D eigenvalue weighted by Gasteiger charge is -2.09. The van der Waals surface area contributed by atoms with Crippen LogP contribution in [0.1, 0.15) is 15.9 Å². The summed E-state index contributed by atoms with van der Waals surface area (Å²) in [6.45, 7) is 1.91. The van der Waals surface area contributed by atoms with E-state index >= 15 is 0 Å². The molecule has 3 nitrogen and oxygen atoms in total. The number of anilines is 2. The third kappa shape index (κ3) is 2.81. The van der Waals surface area contributed by atoms with Crippen LogP contribution in [0, 0.1) is 6.92 Å². The van der Waals surface area contributed by atoms with Gasteiger partial charge in [0.2, 0.25) is 0 Å². The van der Waals surface area contributed by atoms with Crippen LogP contribution in [0.3, 0.4) is 0 Å². The van der Waals surface area contributed by atoms with Gasteiger partial charge in [-0.2, -0.15) is 0 Å². The fourth-order valence-electron chi connectivity index (χ4n) is 1.60. The van der Waals surface area contributed by atoms with Gasteiger partial charge in [0.15, 0.2) is 0 Å². The molecule has 92 valence electrons. The van der Waals surface area contributed by atoms with Gasteiger partial charge in [-0.05, 0) is 42.8 Å². The van der Waals surface area contributed by atoms with Crippen LogP contribution in [-0.2, 0) is 0 Å². The Morgan fingerprint density at radius 3 is 2.72 bits per heavy atom. The Balaban J connectivity index is 2.24. The summed E-state index contributed by atoms with van der Waals surface area (Å²) >= 11 is 5.90. The Kier molecular flexibility index (Phi) is 3.53. The molecule has 4 heteroatoms. The quantitative estimate of drug-likeness (QED) is 0.812. The van der Waals surface area contributed by atoms with Gasteiger partial charge >= 0.3 is 0 Å². The zero-order valence-electron chi connectivity index (χ0n) is 9.91. The summed E-state index contributed by atoms with van der Waals surface area (Å²) < 4.78 is 0. The van der Waals surface area contributed by atoms with Crippen LogP contribution in [0.5, 0.6) is 0 Å². The van der Waals surface area contributed by atoms with Crippen molar-refractivity contribution in [2.75, 3.05) is 11.1 Å². The highest BCUT2D eigenvalue weighted by Gasteiger charge is 2.08. The Bertz CT molecular complexity index is 596. The molecule has 2 aromatic carbocycles. The molecule has 0 heterocycles. The molecular weight excluding hydrogens is 248 g/mol. The summed E-state index contributed by atoms with van der Waals surface area (Å²) in [4.78, 5) is 12.0. The maximum absolute atomic E-state index is 12.0. The van der Waals surface area contributed by atoms with E-state index in [1.807, 2.05) is 13.0 Å². The van der Waals surface area contributed by atoms with Crippen LogP contribution in [0.4, 0.5) is 11.4 Å². The minimum atomic E-state index is -0.201. The third-order valence-corrected chi connectivity index (χ3v) is 2.83. The van der Waals surface area contributed by atoms with Crippen LogP contribution in [-0.4, -0.2) is 5.91 Å². The van der Waals surface area contributed by atoms with Crippen LogP contribution in [0.15, 0.2) is 42.5 Å². The highest BCUT2D eigenvalue weighted by Crippen LogP contribution is 2.21. The van der Waals surface area contributed by atoms with Crippen molar-refractivity contribution in [2.45, 2.75) is 6.92 Å². The highest BCUT2D eigenvalue weighted by molar-refractivity contribution is 6.31. The van der Waals surface area contributed by atoms with Crippen molar-refractivity contribution < 1.29 is 4.79 Å². The molecular formula is C14H13ClN2O. The van der Waals surface area contributed by atoms with Crippen molar-refractivity contribution in [3.05, 3.63) is 58.6 Å². The normalized spacial score (nSPS) is 10.1. The summed E-state index contributed by atoms with van der Waals surface area (Å²) in [7, 11) is 0. The molecule has 18 heavy (non-hydrogen) atoms. The number of benzene rings is 2. The number of nitrogens with two attached hydrogens (primary N) is 1. The first-order valence-electron chi connectivity index (χ1n) is 5.49. The minimum Gasteiger partial charge on any atom is -0.399 e.